The van der Waals surface area contributed by atoms with Crippen LogP contribution in [0, 0.1) is 3.57 Å². The van der Waals surface area contributed by atoms with Crippen molar-refractivity contribution < 1.29 is 14.6 Å². The molecule has 2 rings (SSSR count). The number of carboxylic acids is 1. The van der Waals surface area contributed by atoms with Crippen molar-refractivity contribution in [2.75, 3.05) is 6.26 Å². The lowest BCUT2D eigenvalue weighted by molar-refractivity contribution is -0.141. The second-order valence-electron chi connectivity index (χ2n) is 3.49. The first-order chi connectivity index (χ1) is 8.61. The van der Waals surface area contributed by atoms with Gasteiger partial charge in [0, 0.05) is 5.39 Å². The molecule has 0 spiro atoms. The molecular weight excluding hydrogens is 365 g/mol. The van der Waals surface area contributed by atoms with E-state index in [1.807, 2.05) is 30.3 Å². The van der Waals surface area contributed by atoms with E-state index in [0.29, 0.717) is 5.88 Å². The molecule has 1 unspecified atom stereocenters. The van der Waals surface area contributed by atoms with Gasteiger partial charge >= 0.3 is 5.97 Å². The minimum absolute atomic E-state index is 0.357. The lowest BCUT2D eigenvalue weighted by atomic mass is 10.2. The van der Waals surface area contributed by atoms with E-state index >= 15 is 0 Å². The van der Waals surface area contributed by atoms with E-state index < -0.39 is 11.4 Å². The summed E-state index contributed by atoms with van der Waals surface area (Å²) in [5, 5.41) is 9.97. The Balaban J connectivity index is 2.38. The predicted molar refractivity (Wildman–Crippen MR) is 80.0 cm³/mol. The van der Waals surface area contributed by atoms with Crippen LogP contribution in [-0.4, -0.2) is 27.8 Å². The molecule has 0 aliphatic carbocycles. The Labute approximate surface area is 122 Å². The summed E-state index contributed by atoms with van der Waals surface area (Å²) >= 11 is 3.21. The Morgan fingerprint density at radius 1 is 1.50 bits per heavy atom. The number of carboxylic acid groups (broad SMARTS) is 1. The summed E-state index contributed by atoms with van der Waals surface area (Å²) < 4.78 is 6.21. The topological polar surface area (TPSA) is 59.4 Å². The van der Waals surface area contributed by atoms with Crippen molar-refractivity contribution in [3.05, 3.63) is 33.9 Å². The van der Waals surface area contributed by atoms with Crippen molar-refractivity contribution in [2.24, 2.45) is 0 Å². The smallest absolute Gasteiger partial charge is 0.355 e. The zero-order valence-electron chi connectivity index (χ0n) is 9.46. The van der Waals surface area contributed by atoms with Crippen LogP contribution in [0.2, 0.25) is 0 Å². The number of ether oxygens (including phenoxy) is 1. The first-order valence-electron chi connectivity index (χ1n) is 5.09. The van der Waals surface area contributed by atoms with E-state index in [-0.39, 0.29) is 0 Å². The highest BCUT2D eigenvalue weighted by molar-refractivity contribution is 14.1. The summed E-state index contributed by atoms with van der Waals surface area (Å²) in [6, 6.07) is 9.57. The maximum absolute atomic E-state index is 10.9. The van der Waals surface area contributed by atoms with Gasteiger partial charge < -0.3 is 9.84 Å². The Kier molecular flexibility index (Phi) is 4.28. The monoisotopic (exact) mass is 375 g/mol. The molecular formula is C12H10INO3S. The van der Waals surface area contributed by atoms with Crippen molar-refractivity contribution in [1.29, 1.82) is 0 Å². The number of thioether (sulfide) groups is 1. The number of hydrogen-bond acceptors (Lipinski definition) is 4. The van der Waals surface area contributed by atoms with Crippen molar-refractivity contribution in [1.82, 2.24) is 4.98 Å². The number of halogens is 1. The second-order valence-corrected chi connectivity index (χ2v) is 5.55. The van der Waals surface area contributed by atoms with Crippen LogP contribution in [0.4, 0.5) is 0 Å². The zero-order valence-corrected chi connectivity index (χ0v) is 12.4. The van der Waals surface area contributed by atoms with Crippen LogP contribution in [0.15, 0.2) is 30.3 Å². The van der Waals surface area contributed by atoms with Crippen LogP contribution in [0.25, 0.3) is 10.9 Å². The first-order valence-corrected chi connectivity index (χ1v) is 7.46. The van der Waals surface area contributed by atoms with Crippen molar-refractivity contribution in [2.45, 2.75) is 5.44 Å². The number of nitrogens with zero attached hydrogens (tertiary/aromatic N) is 1. The van der Waals surface area contributed by atoms with Crippen LogP contribution in [0.5, 0.6) is 5.88 Å². The Hall–Kier alpha value is -1.02. The maximum Gasteiger partial charge on any atom is 0.355 e. The second kappa shape index (κ2) is 5.75. The molecule has 0 aliphatic rings. The van der Waals surface area contributed by atoms with Crippen LogP contribution < -0.4 is 4.74 Å². The van der Waals surface area contributed by atoms with E-state index in [0.717, 1.165) is 26.2 Å². The highest BCUT2D eigenvalue weighted by atomic mass is 127. The van der Waals surface area contributed by atoms with E-state index in [2.05, 4.69) is 27.6 Å². The number of benzene rings is 1. The summed E-state index contributed by atoms with van der Waals surface area (Å²) in [5.41, 5.74) is -0.148. The van der Waals surface area contributed by atoms with Gasteiger partial charge in [-0.3, -0.25) is 0 Å². The summed E-state index contributed by atoms with van der Waals surface area (Å²) in [4.78, 5) is 15.3. The largest absolute Gasteiger partial charge is 0.478 e. The molecule has 1 N–H and O–H groups in total. The number of rotatable bonds is 4. The molecule has 1 aromatic heterocycles. The number of aromatic nitrogens is 1. The lowest BCUT2D eigenvalue weighted by Crippen LogP contribution is -2.23. The molecule has 1 aromatic carbocycles. The minimum Gasteiger partial charge on any atom is -0.478 e. The molecule has 0 amide bonds. The van der Waals surface area contributed by atoms with Gasteiger partial charge in [-0.1, -0.05) is 18.2 Å². The van der Waals surface area contributed by atoms with Gasteiger partial charge in [0.25, 0.3) is 0 Å². The zero-order chi connectivity index (χ0) is 13.1. The average Bonchev–Trinajstić information content (AvgIpc) is 2.35. The van der Waals surface area contributed by atoms with Gasteiger partial charge in [0.05, 0.1) is 9.09 Å². The van der Waals surface area contributed by atoms with E-state index in [1.54, 1.807) is 6.26 Å². The molecule has 0 radical (unpaired) electrons. The Morgan fingerprint density at radius 3 is 2.89 bits per heavy atom. The molecule has 18 heavy (non-hydrogen) atoms. The van der Waals surface area contributed by atoms with Gasteiger partial charge in [-0.15, -0.1) is 11.8 Å². The quantitative estimate of drug-likeness (QED) is 0.658. The Morgan fingerprint density at radius 2 is 2.22 bits per heavy atom. The molecule has 4 nitrogen and oxygen atoms in total. The number of aliphatic carboxylic acids is 1. The number of para-hydroxylation sites is 1. The summed E-state index contributed by atoms with van der Waals surface area (Å²) in [7, 11) is 0. The molecule has 0 saturated heterocycles. The highest BCUT2D eigenvalue weighted by Gasteiger charge is 2.20. The molecule has 1 atom stereocenters. The molecule has 0 fully saturated rings. The van der Waals surface area contributed by atoms with Crippen molar-refractivity contribution in [3.63, 3.8) is 0 Å². The van der Waals surface area contributed by atoms with E-state index in [4.69, 9.17) is 9.84 Å². The standard InChI is InChI=1S/C12H10INO3S/c1-18-12(11(15)16)17-10-8(13)6-7-4-2-3-5-9(7)14-10/h2-6,12H,1H3,(H,15,16). The molecule has 6 heteroatoms. The molecule has 1 heterocycles. The van der Waals surface area contributed by atoms with Gasteiger partial charge in [-0.25, -0.2) is 9.78 Å². The third-order valence-corrected chi connectivity index (χ3v) is 3.78. The van der Waals surface area contributed by atoms with Crippen molar-refractivity contribution >= 4 is 51.2 Å². The van der Waals surface area contributed by atoms with Crippen molar-refractivity contribution in [3.8, 4) is 5.88 Å². The van der Waals surface area contributed by atoms with Gasteiger partial charge in [0.1, 0.15) is 0 Å². The number of hydrogen-bond donors (Lipinski definition) is 1. The highest BCUT2D eigenvalue weighted by Crippen LogP contribution is 2.26. The fourth-order valence-corrected chi connectivity index (χ4v) is 2.43. The Bertz CT molecular complexity index is 591. The summed E-state index contributed by atoms with van der Waals surface area (Å²) in [6.07, 6.45) is 1.69. The number of carbonyl (C=O) groups is 1. The van der Waals surface area contributed by atoms with Gasteiger partial charge in [-0.2, -0.15) is 0 Å². The average molecular weight is 375 g/mol. The SMILES string of the molecule is CSC(Oc1nc2ccccc2cc1I)C(=O)O. The van der Waals surface area contributed by atoms with Gasteiger partial charge in [0.15, 0.2) is 0 Å². The van der Waals surface area contributed by atoms with Gasteiger partial charge in [0.2, 0.25) is 11.3 Å². The fourth-order valence-electron chi connectivity index (χ4n) is 1.46. The first kappa shape index (κ1) is 13.4. The minimum atomic E-state index is -1.01. The summed E-state index contributed by atoms with van der Waals surface area (Å²) in [5.74, 6) is -0.649. The lowest BCUT2D eigenvalue weighted by Gasteiger charge is -2.13. The molecule has 2 aromatic rings. The third kappa shape index (κ3) is 2.86. The number of fused-ring (bicyclic) bond motifs is 1. The third-order valence-electron chi connectivity index (χ3n) is 2.28. The van der Waals surface area contributed by atoms with E-state index in [9.17, 15) is 4.79 Å². The molecule has 0 bridgehead atoms. The predicted octanol–water partition coefficient (Wildman–Crippen LogP) is 2.99. The fraction of sp³-hybridized carbons (Fsp3) is 0.167. The van der Waals surface area contributed by atoms with Crippen LogP contribution in [0.3, 0.4) is 0 Å². The number of pyridine rings is 1. The molecule has 0 aliphatic heterocycles. The molecule has 94 valence electrons. The maximum atomic E-state index is 10.9. The van der Waals surface area contributed by atoms with Gasteiger partial charge in [-0.05, 0) is 41.0 Å². The normalized spacial score (nSPS) is 12.3. The van der Waals surface area contributed by atoms with Crippen LogP contribution >= 0.6 is 34.4 Å². The molecule has 0 saturated carbocycles. The summed E-state index contributed by atoms with van der Waals surface area (Å²) in [6.45, 7) is 0. The van der Waals surface area contributed by atoms with E-state index in [1.165, 1.54) is 0 Å². The van der Waals surface area contributed by atoms with Crippen LogP contribution in [-0.2, 0) is 4.79 Å². The van der Waals surface area contributed by atoms with Crippen LogP contribution in [0.1, 0.15) is 0 Å².